The summed E-state index contributed by atoms with van der Waals surface area (Å²) in [6, 6.07) is 11.8. The van der Waals surface area contributed by atoms with E-state index in [1.54, 1.807) is 6.20 Å². The zero-order chi connectivity index (χ0) is 17.9. The third-order valence-electron chi connectivity index (χ3n) is 4.95. The molecule has 3 heterocycles. The van der Waals surface area contributed by atoms with Crippen LogP contribution in [0.15, 0.2) is 48.8 Å². The Balaban J connectivity index is 1.36. The van der Waals surface area contributed by atoms with Crippen LogP contribution in [0.2, 0.25) is 0 Å². The van der Waals surface area contributed by atoms with Gasteiger partial charge in [-0.25, -0.2) is 0 Å². The van der Waals surface area contributed by atoms with Gasteiger partial charge in [-0.2, -0.15) is 5.10 Å². The molecule has 0 N–H and O–H groups in total. The van der Waals surface area contributed by atoms with E-state index in [-0.39, 0.29) is 12.0 Å². The van der Waals surface area contributed by atoms with E-state index < -0.39 is 0 Å². The highest BCUT2D eigenvalue weighted by molar-refractivity contribution is 5.89. The van der Waals surface area contributed by atoms with Crippen LogP contribution < -0.4 is 4.74 Å². The molecule has 6 nitrogen and oxygen atoms in total. The van der Waals surface area contributed by atoms with E-state index in [1.165, 1.54) is 0 Å². The van der Waals surface area contributed by atoms with Gasteiger partial charge < -0.3 is 14.2 Å². The Bertz CT molecular complexity index is 899. The predicted molar refractivity (Wildman–Crippen MR) is 98.9 cm³/mol. The van der Waals surface area contributed by atoms with Crippen LogP contribution in [0.3, 0.4) is 0 Å². The fourth-order valence-corrected chi connectivity index (χ4v) is 3.59. The molecule has 6 heteroatoms. The van der Waals surface area contributed by atoms with E-state index in [4.69, 9.17) is 4.74 Å². The van der Waals surface area contributed by atoms with Gasteiger partial charge in [0.15, 0.2) is 0 Å². The summed E-state index contributed by atoms with van der Waals surface area (Å²) in [5, 5.41) is 8.94. The van der Waals surface area contributed by atoms with Crippen molar-refractivity contribution in [2.24, 2.45) is 7.05 Å². The summed E-state index contributed by atoms with van der Waals surface area (Å²) < 4.78 is 7.93. The molecule has 0 bridgehead atoms. The fourth-order valence-electron chi connectivity index (χ4n) is 3.59. The van der Waals surface area contributed by atoms with Gasteiger partial charge in [0.2, 0.25) is 11.8 Å². The molecular formula is C20H22N4O2. The van der Waals surface area contributed by atoms with Crippen LogP contribution in [0.4, 0.5) is 0 Å². The SMILES string of the molecule is Cn1cc(CC(=O)N2CCC(Oc3cccnn3)CC2)c2ccccc21. The minimum atomic E-state index is 0.0910. The molecule has 4 rings (SSSR count). The lowest BCUT2D eigenvalue weighted by Crippen LogP contribution is -2.42. The van der Waals surface area contributed by atoms with Crippen LogP contribution >= 0.6 is 0 Å². The van der Waals surface area contributed by atoms with Crippen molar-refractivity contribution >= 4 is 16.8 Å². The number of likely N-dealkylation sites (tertiary alicyclic amines) is 1. The molecule has 1 aliphatic rings. The number of amides is 1. The maximum atomic E-state index is 12.7. The van der Waals surface area contributed by atoms with Gasteiger partial charge in [-0.1, -0.05) is 18.2 Å². The Morgan fingerprint density at radius 1 is 1.19 bits per heavy atom. The van der Waals surface area contributed by atoms with Crippen LogP contribution in [0.5, 0.6) is 5.88 Å². The smallest absolute Gasteiger partial charge is 0.233 e. The molecule has 0 unspecified atom stereocenters. The number of piperidine rings is 1. The highest BCUT2D eigenvalue weighted by Crippen LogP contribution is 2.22. The third kappa shape index (κ3) is 3.40. The van der Waals surface area contributed by atoms with Gasteiger partial charge in [-0.3, -0.25) is 4.79 Å². The molecule has 0 saturated carbocycles. The largest absolute Gasteiger partial charge is 0.473 e. The Kier molecular flexibility index (Phi) is 4.56. The molecule has 1 fully saturated rings. The number of rotatable bonds is 4. The number of aryl methyl sites for hydroxylation is 1. The number of fused-ring (bicyclic) bond motifs is 1. The van der Waals surface area contributed by atoms with Crippen molar-refractivity contribution < 1.29 is 9.53 Å². The monoisotopic (exact) mass is 350 g/mol. The standard InChI is InChI=1S/C20H22N4O2/c1-23-14-15(17-5-2-3-6-18(17)23)13-20(25)24-11-8-16(9-12-24)26-19-7-4-10-21-22-19/h2-7,10,14,16H,8-9,11-13H2,1H3. The molecule has 2 aromatic heterocycles. The average molecular weight is 350 g/mol. The average Bonchev–Trinajstić information content (AvgIpc) is 2.99. The lowest BCUT2D eigenvalue weighted by atomic mass is 10.1. The molecule has 1 aromatic carbocycles. The van der Waals surface area contributed by atoms with Crippen molar-refractivity contribution in [3.8, 4) is 5.88 Å². The summed E-state index contributed by atoms with van der Waals surface area (Å²) in [6.07, 6.45) is 5.86. The minimum Gasteiger partial charge on any atom is -0.473 e. The van der Waals surface area contributed by atoms with Gasteiger partial charge in [0.1, 0.15) is 6.10 Å². The van der Waals surface area contributed by atoms with Crippen molar-refractivity contribution in [3.05, 3.63) is 54.4 Å². The lowest BCUT2D eigenvalue weighted by Gasteiger charge is -2.31. The predicted octanol–water partition coefficient (Wildman–Crippen LogP) is 2.58. The van der Waals surface area contributed by atoms with Gasteiger partial charge >= 0.3 is 0 Å². The third-order valence-corrected chi connectivity index (χ3v) is 4.95. The van der Waals surface area contributed by atoms with Gasteiger partial charge in [-0.15, -0.1) is 5.10 Å². The summed E-state index contributed by atoms with van der Waals surface area (Å²) in [5.74, 6) is 0.729. The van der Waals surface area contributed by atoms with Crippen molar-refractivity contribution in [2.75, 3.05) is 13.1 Å². The number of benzene rings is 1. The van der Waals surface area contributed by atoms with E-state index in [0.717, 1.165) is 29.3 Å². The maximum absolute atomic E-state index is 12.7. The molecule has 1 aliphatic heterocycles. The number of aromatic nitrogens is 3. The van der Waals surface area contributed by atoms with Crippen molar-refractivity contribution in [1.82, 2.24) is 19.7 Å². The van der Waals surface area contributed by atoms with Crippen LogP contribution in [-0.2, 0) is 18.3 Å². The normalized spacial score (nSPS) is 15.3. The Morgan fingerprint density at radius 3 is 2.77 bits per heavy atom. The maximum Gasteiger partial charge on any atom is 0.233 e. The molecule has 26 heavy (non-hydrogen) atoms. The Hall–Kier alpha value is -2.89. The molecule has 1 saturated heterocycles. The zero-order valence-corrected chi connectivity index (χ0v) is 14.8. The zero-order valence-electron chi connectivity index (χ0n) is 14.8. The van der Waals surface area contributed by atoms with E-state index in [9.17, 15) is 4.79 Å². The minimum absolute atomic E-state index is 0.0910. The summed E-state index contributed by atoms with van der Waals surface area (Å²) in [6.45, 7) is 1.43. The molecular weight excluding hydrogens is 328 g/mol. The van der Waals surface area contributed by atoms with E-state index >= 15 is 0 Å². The first-order valence-electron chi connectivity index (χ1n) is 8.96. The van der Waals surface area contributed by atoms with Crippen LogP contribution in [0.1, 0.15) is 18.4 Å². The van der Waals surface area contributed by atoms with Crippen molar-refractivity contribution in [3.63, 3.8) is 0 Å². The molecule has 0 aliphatic carbocycles. The highest BCUT2D eigenvalue weighted by atomic mass is 16.5. The Labute approximate surface area is 152 Å². The quantitative estimate of drug-likeness (QED) is 0.726. The molecule has 3 aromatic rings. The first kappa shape index (κ1) is 16.6. The number of hydrogen-bond acceptors (Lipinski definition) is 4. The topological polar surface area (TPSA) is 60.2 Å². The first-order valence-corrected chi connectivity index (χ1v) is 8.96. The summed E-state index contributed by atoms with van der Waals surface area (Å²) in [7, 11) is 2.02. The highest BCUT2D eigenvalue weighted by Gasteiger charge is 2.25. The number of ether oxygens (including phenoxy) is 1. The van der Waals surface area contributed by atoms with Crippen LogP contribution in [-0.4, -0.2) is 44.8 Å². The van der Waals surface area contributed by atoms with Crippen molar-refractivity contribution in [1.29, 1.82) is 0 Å². The molecule has 134 valence electrons. The van der Waals surface area contributed by atoms with Gasteiger partial charge in [0.05, 0.1) is 6.42 Å². The lowest BCUT2D eigenvalue weighted by molar-refractivity contribution is -0.132. The Morgan fingerprint density at radius 2 is 2.00 bits per heavy atom. The molecule has 0 radical (unpaired) electrons. The second kappa shape index (κ2) is 7.15. The fraction of sp³-hybridized carbons (Fsp3) is 0.350. The van der Waals surface area contributed by atoms with E-state index in [2.05, 4.69) is 33.1 Å². The molecule has 0 spiro atoms. The second-order valence-electron chi connectivity index (χ2n) is 6.72. The summed E-state index contributed by atoms with van der Waals surface area (Å²) in [5.41, 5.74) is 2.25. The van der Waals surface area contributed by atoms with Gasteiger partial charge in [0.25, 0.3) is 0 Å². The number of carbonyl (C=O) groups excluding carboxylic acids is 1. The molecule has 1 amide bonds. The summed E-state index contributed by atoms with van der Waals surface area (Å²) >= 11 is 0. The second-order valence-corrected chi connectivity index (χ2v) is 6.72. The number of hydrogen-bond donors (Lipinski definition) is 0. The van der Waals surface area contributed by atoms with E-state index in [1.807, 2.05) is 36.2 Å². The van der Waals surface area contributed by atoms with E-state index in [0.29, 0.717) is 25.4 Å². The number of nitrogens with zero attached hydrogens (tertiary/aromatic N) is 4. The molecule has 0 atom stereocenters. The van der Waals surface area contributed by atoms with Gasteiger partial charge in [-0.05, 0) is 17.7 Å². The number of para-hydroxylation sites is 1. The van der Waals surface area contributed by atoms with Crippen molar-refractivity contribution in [2.45, 2.75) is 25.4 Å². The number of carbonyl (C=O) groups is 1. The van der Waals surface area contributed by atoms with Crippen LogP contribution in [0.25, 0.3) is 10.9 Å². The van der Waals surface area contributed by atoms with Gasteiger partial charge in [0, 0.05) is 62.3 Å². The van der Waals surface area contributed by atoms with Crippen LogP contribution in [0, 0.1) is 0 Å². The first-order chi connectivity index (χ1) is 12.7. The summed E-state index contributed by atoms with van der Waals surface area (Å²) in [4.78, 5) is 14.7.